The number of nitrogens with zero attached hydrogens (tertiary/aromatic N) is 4. The third-order valence-corrected chi connectivity index (χ3v) is 6.86. The van der Waals surface area contributed by atoms with Crippen molar-refractivity contribution in [1.29, 1.82) is 0 Å². The molecule has 0 bridgehead atoms. The van der Waals surface area contributed by atoms with Crippen molar-refractivity contribution in [3.8, 4) is 23.1 Å². The van der Waals surface area contributed by atoms with Crippen LogP contribution in [0.3, 0.4) is 0 Å². The lowest BCUT2D eigenvalue weighted by molar-refractivity contribution is -0.150. The number of nitrogens with two attached hydrogens (primary N) is 1. The quantitative estimate of drug-likeness (QED) is 0.226. The SMILES string of the molecule is COc1ccc2c(Oc3ccc(NC(=O)c4c(C)n(C[C@@H](C)OC(=O)C(C)N)n(-c5ccccc5)c4=O)cn3)ccnc2c1. The number of hydrogen-bond donors (Lipinski definition) is 2. The number of rotatable bonds is 10. The number of pyridine rings is 2. The van der Waals surface area contributed by atoms with E-state index in [1.807, 2.05) is 24.3 Å². The molecule has 0 spiro atoms. The molecule has 5 aromatic rings. The van der Waals surface area contributed by atoms with Gasteiger partial charge in [0.1, 0.15) is 29.2 Å². The van der Waals surface area contributed by atoms with Crippen LogP contribution < -0.4 is 26.1 Å². The van der Waals surface area contributed by atoms with E-state index in [1.54, 1.807) is 74.3 Å². The van der Waals surface area contributed by atoms with Crippen LogP contribution in [-0.4, -0.2) is 50.5 Å². The van der Waals surface area contributed by atoms with E-state index >= 15 is 0 Å². The van der Waals surface area contributed by atoms with E-state index in [0.717, 1.165) is 5.39 Å². The summed E-state index contributed by atoms with van der Waals surface area (Å²) in [5.41, 5.74) is 7.08. The number of nitrogens with one attached hydrogen (secondary N) is 1. The van der Waals surface area contributed by atoms with Crippen LogP contribution >= 0.6 is 0 Å². The Labute approximate surface area is 253 Å². The van der Waals surface area contributed by atoms with E-state index in [4.69, 9.17) is 19.9 Å². The molecular formula is C32H32N6O6. The molecule has 1 amide bonds. The molecule has 2 aromatic carbocycles. The summed E-state index contributed by atoms with van der Waals surface area (Å²) in [4.78, 5) is 47.9. The van der Waals surface area contributed by atoms with Gasteiger partial charge in [-0.05, 0) is 57.2 Å². The zero-order valence-electron chi connectivity index (χ0n) is 24.7. The van der Waals surface area contributed by atoms with Crippen LogP contribution in [0.4, 0.5) is 5.69 Å². The fraction of sp³-hybridized carbons (Fsp3) is 0.219. The van der Waals surface area contributed by atoms with Crippen molar-refractivity contribution in [3.63, 3.8) is 0 Å². The monoisotopic (exact) mass is 596 g/mol. The Kier molecular flexibility index (Phi) is 8.72. The van der Waals surface area contributed by atoms with Crippen LogP contribution in [-0.2, 0) is 16.1 Å². The Hall–Kier alpha value is -5.49. The Balaban J connectivity index is 1.38. The van der Waals surface area contributed by atoms with Gasteiger partial charge in [-0.25, -0.2) is 9.67 Å². The first-order valence-corrected chi connectivity index (χ1v) is 13.9. The number of aromatic nitrogens is 4. The maximum absolute atomic E-state index is 13.7. The van der Waals surface area contributed by atoms with E-state index in [1.165, 1.54) is 17.8 Å². The highest BCUT2D eigenvalue weighted by atomic mass is 16.5. The molecule has 0 aliphatic carbocycles. The van der Waals surface area contributed by atoms with E-state index in [0.29, 0.717) is 40.0 Å². The maximum atomic E-state index is 13.7. The normalized spacial score (nSPS) is 12.4. The second-order valence-corrected chi connectivity index (χ2v) is 10.2. The van der Waals surface area contributed by atoms with Gasteiger partial charge in [0.2, 0.25) is 5.88 Å². The molecule has 3 N–H and O–H groups in total. The summed E-state index contributed by atoms with van der Waals surface area (Å²) in [5.74, 6) is 0.365. The Morgan fingerprint density at radius 1 is 1.02 bits per heavy atom. The third kappa shape index (κ3) is 6.30. The van der Waals surface area contributed by atoms with Crippen LogP contribution in [0.5, 0.6) is 17.4 Å². The number of benzene rings is 2. The summed E-state index contributed by atoms with van der Waals surface area (Å²) < 4.78 is 19.7. The number of para-hydroxylation sites is 1. The molecule has 0 aliphatic rings. The van der Waals surface area contributed by atoms with Gasteiger partial charge in [-0.15, -0.1) is 0 Å². The minimum absolute atomic E-state index is 0.0569. The van der Waals surface area contributed by atoms with Crippen LogP contribution in [0.2, 0.25) is 0 Å². The van der Waals surface area contributed by atoms with Gasteiger partial charge in [0.05, 0.1) is 42.4 Å². The van der Waals surface area contributed by atoms with Crippen molar-refractivity contribution >= 4 is 28.5 Å². The van der Waals surface area contributed by atoms with Gasteiger partial charge in [0.15, 0.2) is 0 Å². The highest BCUT2D eigenvalue weighted by Crippen LogP contribution is 2.30. The molecule has 0 fully saturated rings. The first-order valence-electron chi connectivity index (χ1n) is 13.9. The number of esters is 1. The van der Waals surface area contributed by atoms with Gasteiger partial charge < -0.3 is 25.3 Å². The van der Waals surface area contributed by atoms with Gasteiger partial charge >= 0.3 is 5.97 Å². The predicted molar refractivity (Wildman–Crippen MR) is 165 cm³/mol. The maximum Gasteiger partial charge on any atom is 0.322 e. The molecule has 12 heteroatoms. The van der Waals surface area contributed by atoms with Gasteiger partial charge in [-0.3, -0.25) is 24.0 Å². The highest BCUT2D eigenvalue weighted by Gasteiger charge is 2.26. The van der Waals surface area contributed by atoms with Crippen molar-refractivity contribution in [2.45, 2.75) is 39.5 Å². The van der Waals surface area contributed by atoms with Gasteiger partial charge in [-0.2, -0.15) is 0 Å². The van der Waals surface area contributed by atoms with Crippen LogP contribution in [0, 0.1) is 6.92 Å². The molecule has 2 atom stereocenters. The van der Waals surface area contributed by atoms with Crippen molar-refractivity contribution in [2.24, 2.45) is 5.73 Å². The standard InChI is InChI=1S/C32H32N6O6/c1-19(43-32(41)20(2)33)18-37-21(3)29(31(40)38(37)23-8-6-5-7-9-23)30(39)36-22-10-13-28(35-17-22)44-27-14-15-34-26-16-24(42-4)11-12-25(26)27/h5-17,19-20H,18,33H2,1-4H3,(H,36,39)/t19-,20?/m1/s1. The smallest absolute Gasteiger partial charge is 0.322 e. The summed E-state index contributed by atoms with van der Waals surface area (Å²) in [6.07, 6.45) is 2.45. The summed E-state index contributed by atoms with van der Waals surface area (Å²) in [7, 11) is 1.59. The summed E-state index contributed by atoms with van der Waals surface area (Å²) in [5, 5.41) is 3.54. The largest absolute Gasteiger partial charge is 0.497 e. The Morgan fingerprint density at radius 3 is 2.48 bits per heavy atom. The van der Waals surface area contributed by atoms with Crippen LogP contribution in [0.1, 0.15) is 29.9 Å². The summed E-state index contributed by atoms with van der Waals surface area (Å²) in [6.45, 7) is 5.01. The average Bonchev–Trinajstić information content (AvgIpc) is 3.26. The van der Waals surface area contributed by atoms with E-state index in [2.05, 4.69) is 15.3 Å². The number of carbonyl (C=O) groups is 2. The first-order chi connectivity index (χ1) is 21.2. The van der Waals surface area contributed by atoms with Gasteiger partial charge in [-0.1, -0.05) is 18.2 Å². The molecule has 5 rings (SSSR count). The molecule has 3 aromatic heterocycles. The number of methoxy groups -OCH3 is 1. The average molecular weight is 597 g/mol. The van der Waals surface area contributed by atoms with Gasteiger partial charge in [0.25, 0.3) is 11.5 Å². The molecule has 1 unspecified atom stereocenters. The number of anilines is 1. The summed E-state index contributed by atoms with van der Waals surface area (Å²) >= 11 is 0. The predicted octanol–water partition coefficient (Wildman–Crippen LogP) is 4.22. The molecule has 3 heterocycles. The zero-order valence-corrected chi connectivity index (χ0v) is 24.7. The number of ether oxygens (including phenoxy) is 3. The van der Waals surface area contributed by atoms with Crippen molar-refractivity contribution in [3.05, 3.63) is 101 Å². The molecule has 44 heavy (non-hydrogen) atoms. The van der Waals surface area contributed by atoms with Crippen molar-refractivity contribution in [1.82, 2.24) is 19.3 Å². The van der Waals surface area contributed by atoms with Gasteiger partial charge in [0, 0.05) is 23.7 Å². The van der Waals surface area contributed by atoms with Crippen LogP contribution in [0.25, 0.3) is 16.6 Å². The lowest BCUT2D eigenvalue weighted by Crippen LogP contribution is -2.34. The molecule has 0 saturated heterocycles. The third-order valence-electron chi connectivity index (χ3n) is 6.86. The fourth-order valence-electron chi connectivity index (χ4n) is 4.68. The van der Waals surface area contributed by atoms with Crippen LogP contribution in [0.15, 0.2) is 83.9 Å². The molecule has 0 radical (unpaired) electrons. The Bertz CT molecular complexity index is 1860. The second kappa shape index (κ2) is 12.8. The molecule has 226 valence electrons. The number of amides is 1. The van der Waals surface area contributed by atoms with E-state index < -0.39 is 29.6 Å². The molecule has 12 nitrogen and oxygen atoms in total. The summed E-state index contributed by atoms with van der Waals surface area (Å²) in [6, 6.07) is 18.6. The minimum atomic E-state index is -0.792. The first kappa shape index (κ1) is 30.0. The lowest BCUT2D eigenvalue weighted by Gasteiger charge is -2.19. The number of hydrogen-bond acceptors (Lipinski definition) is 9. The number of fused-ring (bicyclic) bond motifs is 1. The molecule has 0 aliphatic heterocycles. The molecular weight excluding hydrogens is 564 g/mol. The second-order valence-electron chi connectivity index (χ2n) is 10.2. The Morgan fingerprint density at radius 2 is 1.80 bits per heavy atom. The van der Waals surface area contributed by atoms with E-state index in [-0.39, 0.29) is 12.1 Å². The minimum Gasteiger partial charge on any atom is -0.497 e. The van der Waals surface area contributed by atoms with E-state index in [9.17, 15) is 14.4 Å². The van der Waals surface area contributed by atoms with Crippen molar-refractivity contribution in [2.75, 3.05) is 12.4 Å². The number of carbonyl (C=O) groups excluding carboxylic acids is 2. The topological polar surface area (TPSA) is 153 Å². The highest BCUT2D eigenvalue weighted by molar-refractivity contribution is 6.04. The molecule has 0 saturated carbocycles. The fourth-order valence-corrected chi connectivity index (χ4v) is 4.68. The zero-order chi connectivity index (χ0) is 31.4. The lowest BCUT2D eigenvalue weighted by atomic mass is 10.2. The van der Waals surface area contributed by atoms with Crippen molar-refractivity contribution < 1.29 is 23.8 Å².